The highest BCUT2D eigenvalue weighted by Crippen LogP contribution is 2.44. The molecule has 0 spiro atoms. The number of hydrogen-bond acceptors (Lipinski definition) is 6. The van der Waals surface area contributed by atoms with Gasteiger partial charge in [0, 0.05) is 17.3 Å². The van der Waals surface area contributed by atoms with Gasteiger partial charge in [-0.05, 0) is 55.0 Å². The van der Waals surface area contributed by atoms with E-state index < -0.39 is 23.5 Å². The lowest BCUT2D eigenvalue weighted by molar-refractivity contribution is -0.132. The van der Waals surface area contributed by atoms with Crippen molar-refractivity contribution in [3.63, 3.8) is 0 Å². The fraction of sp³-hybridized carbons (Fsp3) is 0.154. The summed E-state index contributed by atoms with van der Waals surface area (Å²) in [6, 6.07) is 14.5. The first kappa shape index (κ1) is 24.4. The zero-order valence-corrected chi connectivity index (χ0v) is 20.3. The number of halogens is 2. The van der Waals surface area contributed by atoms with Gasteiger partial charge in [-0.3, -0.25) is 14.5 Å². The van der Waals surface area contributed by atoms with Gasteiger partial charge in [0.15, 0.2) is 0 Å². The summed E-state index contributed by atoms with van der Waals surface area (Å²) >= 11 is 12.3. The van der Waals surface area contributed by atoms with Gasteiger partial charge in [-0.2, -0.15) is 0 Å². The SMILES string of the molecule is CCOc1cc(/C(O)=C2/C(=O)C(=O)N(c3cccc(OC)c3)C2c2ccc(O)c(Cl)c2)ccc1Cl. The quantitative estimate of drug-likeness (QED) is 0.248. The van der Waals surface area contributed by atoms with Gasteiger partial charge >= 0.3 is 0 Å². The van der Waals surface area contributed by atoms with E-state index in [4.69, 9.17) is 32.7 Å². The molecule has 0 bridgehead atoms. The first-order valence-corrected chi connectivity index (χ1v) is 11.4. The van der Waals surface area contributed by atoms with Crippen molar-refractivity contribution >= 4 is 46.3 Å². The van der Waals surface area contributed by atoms with E-state index in [0.29, 0.717) is 34.4 Å². The highest BCUT2D eigenvalue weighted by Gasteiger charge is 2.47. The number of aliphatic hydroxyl groups is 1. The van der Waals surface area contributed by atoms with Crippen molar-refractivity contribution in [3.8, 4) is 17.2 Å². The minimum Gasteiger partial charge on any atom is -0.507 e. The summed E-state index contributed by atoms with van der Waals surface area (Å²) in [7, 11) is 1.49. The van der Waals surface area contributed by atoms with Gasteiger partial charge in [0.25, 0.3) is 11.7 Å². The fourth-order valence-electron chi connectivity index (χ4n) is 3.94. The van der Waals surface area contributed by atoms with Gasteiger partial charge in [0.1, 0.15) is 23.0 Å². The number of ether oxygens (including phenoxy) is 2. The van der Waals surface area contributed by atoms with Crippen molar-refractivity contribution < 1.29 is 29.3 Å². The third-order valence-corrected chi connectivity index (χ3v) is 6.18. The number of hydrogen-bond donors (Lipinski definition) is 2. The van der Waals surface area contributed by atoms with Crippen LogP contribution in [0.25, 0.3) is 5.76 Å². The van der Waals surface area contributed by atoms with Crippen LogP contribution in [0.15, 0.2) is 66.2 Å². The Bertz CT molecular complexity index is 1350. The number of methoxy groups -OCH3 is 1. The molecule has 1 atom stereocenters. The van der Waals surface area contributed by atoms with Crippen LogP contribution in [0, 0.1) is 0 Å². The second kappa shape index (κ2) is 9.90. The molecule has 4 rings (SSSR count). The maximum Gasteiger partial charge on any atom is 0.300 e. The monoisotopic (exact) mass is 513 g/mol. The second-order valence-electron chi connectivity index (χ2n) is 7.66. The molecule has 1 unspecified atom stereocenters. The number of amides is 1. The lowest BCUT2D eigenvalue weighted by Gasteiger charge is -2.26. The number of aromatic hydroxyl groups is 1. The third kappa shape index (κ3) is 4.52. The summed E-state index contributed by atoms with van der Waals surface area (Å²) in [6.45, 7) is 2.13. The minimum absolute atomic E-state index is 0.0313. The standard InChI is InChI=1S/C26H21Cl2NO6/c1-3-35-21-12-15(7-9-18(21)27)24(31)22-23(14-8-10-20(30)19(28)11-14)29(26(33)25(22)32)16-5-4-6-17(13-16)34-2/h4-13,23,30-31H,3H2,1-2H3/b24-22-. The largest absolute Gasteiger partial charge is 0.507 e. The first-order chi connectivity index (χ1) is 16.8. The van der Waals surface area contributed by atoms with E-state index >= 15 is 0 Å². The number of anilines is 1. The number of benzene rings is 3. The Morgan fingerprint density at radius 3 is 2.49 bits per heavy atom. The molecule has 180 valence electrons. The molecule has 0 radical (unpaired) electrons. The van der Waals surface area contributed by atoms with E-state index in [0.717, 1.165) is 0 Å². The van der Waals surface area contributed by atoms with Crippen LogP contribution in [0.2, 0.25) is 10.0 Å². The lowest BCUT2D eigenvalue weighted by atomic mass is 9.95. The molecule has 0 aromatic heterocycles. The van der Waals surface area contributed by atoms with Gasteiger partial charge in [-0.15, -0.1) is 0 Å². The molecule has 1 aliphatic heterocycles. The molecule has 35 heavy (non-hydrogen) atoms. The normalized spacial score (nSPS) is 17.0. The topological polar surface area (TPSA) is 96.3 Å². The Morgan fingerprint density at radius 1 is 1.03 bits per heavy atom. The Morgan fingerprint density at radius 2 is 1.80 bits per heavy atom. The third-order valence-electron chi connectivity index (χ3n) is 5.57. The lowest BCUT2D eigenvalue weighted by Crippen LogP contribution is -2.29. The number of rotatable bonds is 6. The Hall–Kier alpha value is -3.68. The van der Waals surface area contributed by atoms with Crippen LogP contribution < -0.4 is 14.4 Å². The van der Waals surface area contributed by atoms with Gasteiger partial charge in [0.05, 0.1) is 35.4 Å². The molecule has 3 aromatic carbocycles. The van der Waals surface area contributed by atoms with Crippen molar-refractivity contribution in [1.29, 1.82) is 0 Å². The Balaban J connectivity index is 1.95. The van der Waals surface area contributed by atoms with Crippen LogP contribution in [-0.4, -0.2) is 35.6 Å². The van der Waals surface area contributed by atoms with Crippen LogP contribution in [-0.2, 0) is 9.59 Å². The molecule has 1 amide bonds. The molecule has 0 saturated carbocycles. The van der Waals surface area contributed by atoms with Gasteiger partial charge in [0.2, 0.25) is 0 Å². The average molecular weight is 514 g/mol. The Labute approximate surface area is 211 Å². The number of carbonyl (C=O) groups is 2. The number of aliphatic hydroxyl groups excluding tert-OH is 1. The number of Topliss-reactive ketones (excluding diaryl/α,β-unsaturated/α-hetero) is 1. The van der Waals surface area contributed by atoms with Gasteiger partial charge in [-0.25, -0.2) is 0 Å². The zero-order chi connectivity index (χ0) is 25.3. The number of carbonyl (C=O) groups excluding carboxylic acids is 2. The maximum absolute atomic E-state index is 13.3. The molecule has 1 saturated heterocycles. The van der Waals surface area contributed by atoms with Crippen LogP contribution >= 0.6 is 23.2 Å². The zero-order valence-electron chi connectivity index (χ0n) is 18.8. The molecule has 0 aliphatic carbocycles. The summed E-state index contributed by atoms with van der Waals surface area (Å²) in [6.07, 6.45) is 0. The van der Waals surface area contributed by atoms with Crippen LogP contribution in [0.3, 0.4) is 0 Å². The molecule has 1 aliphatic rings. The van der Waals surface area contributed by atoms with E-state index in [1.807, 2.05) is 0 Å². The van der Waals surface area contributed by atoms with Crippen molar-refractivity contribution in [3.05, 3.63) is 87.4 Å². The van der Waals surface area contributed by atoms with Crippen molar-refractivity contribution in [2.24, 2.45) is 0 Å². The number of nitrogens with zero attached hydrogens (tertiary/aromatic N) is 1. The van der Waals surface area contributed by atoms with Crippen molar-refractivity contribution in [2.45, 2.75) is 13.0 Å². The molecule has 7 nitrogen and oxygen atoms in total. The smallest absolute Gasteiger partial charge is 0.300 e. The summed E-state index contributed by atoms with van der Waals surface area (Å²) in [5, 5.41) is 21.6. The van der Waals surface area contributed by atoms with E-state index in [2.05, 4.69) is 0 Å². The molecule has 9 heteroatoms. The number of ketones is 1. The fourth-order valence-corrected chi connectivity index (χ4v) is 4.30. The Kier molecular flexibility index (Phi) is 6.91. The van der Waals surface area contributed by atoms with Crippen molar-refractivity contribution in [2.75, 3.05) is 18.6 Å². The first-order valence-electron chi connectivity index (χ1n) is 10.6. The summed E-state index contributed by atoms with van der Waals surface area (Å²) in [4.78, 5) is 27.8. The average Bonchev–Trinajstić information content (AvgIpc) is 3.12. The van der Waals surface area contributed by atoms with E-state index in [1.165, 1.54) is 48.4 Å². The van der Waals surface area contributed by atoms with Gasteiger partial charge in [-0.1, -0.05) is 35.3 Å². The van der Waals surface area contributed by atoms with Crippen LogP contribution in [0.4, 0.5) is 5.69 Å². The molecule has 1 heterocycles. The summed E-state index contributed by atoms with van der Waals surface area (Å²) in [5.41, 5.74) is 0.891. The van der Waals surface area contributed by atoms with E-state index in [1.54, 1.807) is 31.2 Å². The summed E-state index contributed by atoms with van der Waals surface area (Å²) < 4.78 is 10.8. The molecular formula is C26H21Cl2NO6. The predicted octanol–water partition coefficient (Wildman–Crippen LogP) is 5.73. The molecular weight excluding hydrogens is 493 g/mol. The molecule has 1 fully saturated rings. The highest BCUT2D eigenvalue weighted by molar-refractivity contribution is 6.51. The predicted molar refractivity (Wildman–Crippen MR) is 134 cm³/mol. The summed E-state index contributed by atoms with van der Waals surface area (Å²) in [5.74, 6) is -1.48. The van der Waals surface area contributed by atoms with E-state index in [-0.39, 0.29) is 21.9 Å². The minimum atomic E-state index is -1.04. The highest BCUT2D eigenvalue weighted by atomic mass is 35.5. The maximum atomic E-state index is 13.3. The van der Waals surface area contributed by atoms with Crippen molar-refractivity contribution in [1.82, 2.24) is 0 Å². The second-order valence-corrected chi connectivity index (χ2v) is 8.47. The number of phenols is 1. The van der Waals surface area contributed by atoms with Crippen LogP contribution in [0.5, 0.6) is 17.2 Å². The number of phenolic OH excluding ortho intramolecular Hbond substituents is 1. The van der Waals surface area contributed by atoms with E-state index in [9.17, 15) is 19.8 Å². The molecule has 2 N–H and O–H groups in total. The molecule has 3 aromatic rings. The van der Waals surface area contributed by atoms with Gasteiger partial charge < -0.3 is 19.7 Å². The van der Waals surface area contributed by atoms with Crippen LogP contribution in [0.1, 0.15) is 24.1 Å².